The van der Waals surface area contributed by atoms with Gasteiger partial charge in [0.05, 0.1) is 0 Å². The van der Waals surface area contributed by atoms with E-state index in [4.69, 9.17) is 21.7 Å². The van der Waals surface area contributed by atoms with E-state index >= 15 is 0 Å². The van der Waals surface area contributed by atoms with Gasteiger partial charge in [0.15, 0.2) is 0 Å². The molecule has 0 heterocycles. The normalized spacial score (nSPS) is 9.92. The third-order valence-electron chi connectivity index (χ3n) is 1.51. The molecule has 0 unspecified atom stereocenters. The Morgan fingerprint density at radius 1 is 1.50 bits per heavy atom. The van der Waals surface area contributed by atoms with Gasteiger partial charge >= 0.3 is 86.5 Å². The maximum absolute atomic E-state index is 11.0. The van der Waals surface area contributed by atoms with E-state index in [-0.39, 0.29) is 14.0 Å². The Balaban J connectivity index is 3.29. The average Bonchev–Trinajstić information content (AvgIpc) is 2.03. The van der Waals surface area contributed by atoms with Crippen molar-refractivity contribution < 1.29 is 4.79 Å². The monoisotopic (exact) mass is 268 g/mol. The number of hydrogen-bond donors (Lipinski definition) is 0. The molecule has 0 amide bonds. The molecule has 0 bridgehead atoms. The molecular weight excluding hydrogens is 262 g/mol. The van der Waals surface area contributed by atoms with Crippen molar-refractivity contribution in [2.75, 3.05) is 0 Å². The standard InChI is InChI=1S/C8H6Cl2OSe/c1-5-3-2-4-6(12-10)7(5)8(9)11/h2-4H,1H3. The van der Waals surface area contributed by atoms with Crippen molar-refractivity contribution >= 4 is 45.4 Å². The van der Waals surface area contributed by atoms with Crippen molar-refractivity contribution in [3.63, 3.8) is 0 Å². The van der Waals surface area contributed by atoms with Crippen molar-refractivity contribution in [3.8, 4) is 0 Å². The first kappa shape index (κ1) is 10.1. The summed E-state index contributed by atoms with van der Waals surface area (Å²) in [6, 6.07) is 5.55. The first-order valence-corrected chi connectivity index (χ1v) is 6.73. The zero-order valence-electron chi connectivity index (χ0n) is 6.30. The van der Waals surface area contributed by atoms with Gasteiger partial charge in [0.2, 0.25) is 0 Å². The van der Waals surface area contributed by atoms with Crippen LogP contribution >= 0.6 is 21.7 Å². The van der Waals surface area contributed by atoms with Crippen LogP contribution in [0, 0.1) is 6.92 Å². The zero-order chi connectivity index (χ0) is 9.14. The van der Waals surface area contributed by atoms with Gasteiger partial charge in [-0.25, -0.2) is 0 Å². The van der Waals surface area contributed by atoms with E-state index in [0.717, 1.165) is 10.0 Å². The molecule has 0 fully saturated rings. The summed E-state index contributed by atoms with van der Waals surface area (Å²) in [4.78, 5) is 11.0. The third kappa shape index (κ3) is 2.02. The predicted molar refractivity (Wildman–Crippen MR) is 52.6 cm³/mol. The van der Waals surface area contributed by atoms with E-state index < -0.39 is 5.24 Å². The van der Waals surface area contributed by atoms with Crippen LogP contribution in [-0.4, -0.2) is 19.3 Å². The van der Waals surface area contributed by atoms with E-state index in [1.54, 1.807) is 0 Å². The van der Waals surface area contributed by atoms with Crippen LogP contribution in [0.3, 0.4) is 0 Å². The molecule has 12 heavy (non-hydrogen) atoms. The Kier molecular flexibility index (Phi) is 3.60. The van der Waals surface area contributed by atoms with Gasteiger partial charge < -0.3 is 0 Å². The van der Waals surface area contributed by atoms with Crippen LogP contribution in [-0.2, 0) is 0 Å². The molecule has 0 atom stereocenters. The molecule has 0 N–H and O–H groups in total. The van der Waals surface area contributed by atoms with Gasteiger partial charge in [-0.2, -0.15) is 0 Å². The molecule has 0 saturated heterocycles. The maximum atomic E-state index is 11.0. The Morgan fingerprint density at radius 3 is 2.58 bits per heavy atom. The van der Waals surface area contributed by atoms with E-state index in [1.807, 2.05) is 25.1 Å². The topological polar surface area (TPSA) is 17.1 Å². The molecule has 0 spiro atoms. The molecule has 4 heteroatoms. The van der Waals surface area contributed by atoms with Crippen LogP contribution in [0.15, 0.2) is 18.2 Å². The molecule has 1 rings (SSSR count). The Morgan fingerprint density at radius 2 is 2.17 bits per heavy atom. The van der Waals surface area contributed by atoms with Gasteiger partial charge in [0.25, 0.3) is 0 Å². The molecular formula is C8H6Cl2OSe. The first-order valence-electron chi connectivity index (χ1n) is 3.25. The molecule has 1 nitrogen and oxygen atoms in total. The molecule has 1 aromatic carbocycles. The van der Waals surface area contributed by atoms with Gasteiger partial charge in [-0.15, -0.1) is 0 Å². The van der Waals surface area contributed by atoms with E-state index in [9.17, 15) is 4.79 Å². The second kappa shape index (κ2) is 4.29. The van der Waals surface area contributed by atoms with E-state index in [2.05, 4.69) is 0 Å². The minimum absolute atomic E-state index is 0.202. The average molecular weight is 268 g/mol. The molecule has 0 saturated carbocycles. The number of carbonyl (C=O) groups excluding carboxylic acids is 1. The number of carbonyl (C=O) groups is 1. The fourth-order valence-electron chi connectivity index (χ4n) is 0.957. The third-order valence-corrected chi connectivity index (χ3v) is 3.63. The second-order valence-corrected chi connectivity index (χ2v) is 4.69. The summed E-state index contributed by atoms with van der Waals surface area (Å²) in [5, 5.41) is -0.425. The summed E-state index contributed by atoms with van der Waals surface area (Å²) < 4.78 is 0.851. The molecule has 1 aromatic rings. The molecule has 0 aliphatic heterocycles. The summed E-state index contributed by atoms with van der Waals surface area (Å²) in [5.74, 6) is 0. The Labute approximate surface area is 86.4 Å². The molecule has 0 radical (unpaired) electrons. The van der Waals surface area contributed by atoms with Crippen LogP contribution < -0.4 is 4.46 Å². The summed E-state index contributed by atoms with van der Waals surface area (Å²) in [6.45, 7) is 1.85. The van der Waals surface area contributed by atoms with E-state index in [1.165, 1.54) is 0 Å². The quantitative estimate of drug-likeness (QED) is 0.591. The van der Waals surface area contributed by atoms with Crippen LogP contribution in [0.25, 0.3) is 0 Å². The first-order chi connectivity index (χ1) is 5.66. The second-order valence-electron chi connectivity index (χ2n) is 2.30. The van der Waals surface area contributed by atoms with Gasteiger partial charge in [-0.05, 0) is 0 Å². The summed E-state index contributed by atoms with van der Waals surface area (Å²) in [6.07, 6.45) is 0. The van der Waals surface area contributed by atoms with Crippen molar-refractivity contribution in [2.45, 2.75) is 6.92 Å². The SMILES string of the molecule is Cc1cccc([Se]Cl)c1C(=O)Cl. The van der Waals surface area contributed by atoms with Gasteiger partial charge in [0.1, 0.15) is 0 Å². The zero-order valence-corrected chi connectivity index (χ0v) is 9.53. The van der Waals surface area contributed by atoms with Crippen molar-refractivity contribution in [1.82, 2.24) is 0 Å². The van der Waals surface area contributed by atoms with Crippen LogP contribution in [0.1, 0.15) is 15.9 Å². The van der Waals surface area contributed by atoms with Crippen LogP contribution in [0.2, 0.25) is 0 Å². The van der Waals surface area contributed by atoms with E-state index in [0.29, 0.717) is 5.56 Å². The van der Waals surface area contributed by atoms with Crippen LogP contribution in [0.4, 0.5) is 0 Å². The molecule has 64 valence electrons. The number of aryl methyl sites for hydroxylation is 1. The molecule has 0 aliphatic carbocycles. The number of hydrogen-bond acceptors (Lipinski definition) is 1. The number of rotatable bonds is 2. The van der Waals surface area contributed by atoms with Crippen molar-refractivity contribution in [1.29, 1.82) is 0 Å². The van der Waals surface area contributed by atoms with Crippen molar-refractivity contribution in [2.24, 2.45) is 0 Å². The summed E-state index contributed by atoms with van der Waals surface area (Å²) >= 11 is 5.20. The summed E-state index contributed by atoms with van der Waals surface area (Å²) in [7, 11) is 5.70. The molecule has 0 aliphatic rings. The van der Waals surface area contributed by atoms with Crippen LogP contribution in [0.5, 0.6) is 0 Å². The predicted octanol–water partition coefficient (Wildman–Crippen LogP) is 1.86. The van der Waals surface area contributed by atoms with Crippen molar-refractivity contribution in [3.05, 3.63) is 29.3 Å². The fourth-order valence-corrected chi connectivity index (χ4v) is 2.97. The number of benzene rings is 1. The Bertz CT molecular complexity index is 312. The van der Waals surface area contributed by atoms with Gasteiger partial charge in [0, 0.05) is 0 Å². The summed E-state index contributed by atoms with van der Waals surface area (Å²) in [5.41, 5.74) is 1.45. The minimum atomic E-state index is -0.425. The van der Waals surface area contributed by atoms with Gasteiger partial charge in [-0.3, -0.25) is 0 Å². The Hall–Kier alpha value is -0.0105. The van der Waals surface area contributed by atoms with Gasteiger partial charge in [-0.1, -0.05) is 0 Å². The number of halogens is 2. The molecule has 0 aromatic heterocycles. The fraction of sp³-hybridized carbons (Fsp3) is 0.125.